The third-order valence-electron chi connectivity index (χ3n) is 2.69. The van der Waals surface area contributed by atoms with Crippen molar-refractivity contribution < 1.29 is 0 Å². The topological polar surface area (TPSA) is 43.8 Å². The smallest absolute Gasteiger partial charge is 0.0730 e. The van der Waals surface area contributed by atoms with E-state index < -0.39 is 0 Å². The van der Waals surface area contributed by atoms with Gasteiger partial charge in [0, 0.05) is 6.54 Å². The largest absolute Gasteiger partial charge is 0.396 e. The summed E-state index contributed by atoms with van der Waals surface area (Å²) >= 11 is 0. The van der Waals surface area contributed by atoms with E-state index in [1.54, 1.807) is 6.20 Å². The molecule has 3 nitrogen and oxygen atoms in total. The number of nitrogens with zero attached hydrogens (tertiary/aromatic N) is 2. The molecule has 1 rings (SSSR count). The maximum atomic E-state index is 5.71. The van der Waals surface area contributed by atoms with Gasteiger partial charge >= 0.3 is 0 Å². The Bertz CT molecular complexity index is 343. The quantitative estimate of drug-likeness (QED) is 0.750. The van der Waals surface area contributed by atoms with Crippen molar-refractivity contribution in [3.8, 4) is 0 Å². The van der Waals surface area contributed by atoms with Gasteiger partial charge in [-0.25, -0.2) is 0 Å². The van der Waals surface area contributed by atoms with Crippen LogP contribution in [0.5, 0.6) is 0 Å². The van der Waals surface area contributed by atoms with Gasteiger partial charge in [-0.1, -0.05) is 11.1 Å². The lowest BCUT2D eigenvalue weighted by atomic mass is 10.1. The zero-order valence-corrected chi connectivity index (χ0v) is 9.46. The third kappa shape index (κ3) is 2.37. The summed E-state index contributed by atoms with van der Waals surface area (Å²) < 4.78 is 1.96. The van der Waals surface area contributed by atoms with E-state index in [9.17, 15) is 0 Å². The molecule has 0 amide bonds. The van der Waals surface area contributed by atoms with Gasteiger partial charge in [0.25, 0.3) is 0 Å². The van der Waals surface area contributed by atoms with Crippen LogP contribution in [0.2, 0.25) is 0 Å². The molecule has 0 saturated carbocycles. The first-order valence-electron chi connectivity index (χ1n) is 4.93. The van der Waals surface area contributed by atoms with Gasteiger partial charge in [0.2, 0.25) is 0 Å². The van der Waals surface area contributed by atoms with Crippen molar-refractivity contribution in [2.45, 2.75) is 40.7 Å². The van der Waals surface area contributed by atoms with Crippen LogP contribution in [0.15, 0.2) is 17.3 Å². The minimum atomic E-state index is 0.778. The molecular formula is C11H19N3. The molecule has 0 spiro atoms. The summed E-state index contributed by atoms with van der Waals surface area (Å²) in [5, 5.41) is 4.22. The van der Waals surface area contributed by atoms with Crippen LogP contribution in [-0.2, 0) is 6.54 Å². The Morgan fingerprint density at radius 2 is 2.07 bits per heavy atom. The lowest BCUT2D eigenvalue weighted by Gasteiger charge is -2.06. The minimum absolute atomic E-state index is 0.778. The van der Waals surface area contributed by atoms with E-state index in [4.69, 9.17) is 5.73 Å². The lowest BCUT2D eigenvalue weighted by molar-refractivity contribution is 0.594. The number of aryl methyl sites for hydroxylation is 1. The number of hydrogen-bond acceptors (Lipinski definition) is 2. The predicted octanol–water partition coefficient (Wildman–Crippen LogP) is 2.52. The molecule has 0 saturated heterocycles. The highest BCUT2D eigenvalue weighted by molar-refractivity contribution is 5.39. The fourth-order valence-corrected chi connectivity index (χ4v) is 1.21. The molecule has 1 aromatic heterocycles. The van der Waals surface area contributed by atoms with Gasteiger partial charge in [-0.3, -0.25) is 4.68 Å². The monoisotopic (exact) mass is 193 g/mol. The van der Waals surface area contributed by atoms with Crippen molar-refractivity contribution in [2.24, 2.45) is 0 Å². The molecular weight excluding hydrogens is 174 g/mol. The molecule has 1 aromatic rings. The van der Waals surface area contributed by atoms with E-state index in [0.717, 1.165) is 24.3 Å². The number of nitrogens with two attached hydrogens (primary N) is 1. The van der Waals surface area contributed by atoms with Gasteiger partial charge in [0.05, 0.1) is 17.6 Å². The molecule has 3 heteroatoms. The second kappa shape index (κ2) is 4.31. The van der Waals surface area contributed by atoms with Crippen molar-refractivity contribution in [3.63, 3.8) is 0 Å². The van der Waals surface area contributed by atoms with E-state index in [0.29, 0.717) is 0 Å². The highest BCUT2D eigenvalue weighted by Gasteiger charge is 2.02. The Balaban J connectivity index is 2.63. The molecule has 2 N–H and O–H groups in total. The fourth-order valence-electron chi connectivity index (χ4n) is 1.21. The summed E-state index contributed by atoms with van der Waals surface area (Å²) in [6.07, 6.45) is 2.76. The SMILES string of the molecule is CC(C)=C(C)CCn1ncc(N)c1C. The highest BCUT2D eigenvalue weighted by Crippen LogP contribution is 2.12. The molecule has 0 atom stereocenters. The van der Waals surface area contributed by atoms with Crippen LogP contribution in [0.25, 0.3) is 0 Å². The van der Waals surface area contributed by atoms with Gasteiger partial charge in [0.1, 0.15) is 0 Å². The molecule has 0 bridgehead atoms. The zero-order chi connectivity index (χ0) is 10.7. The Kier molecular flexibility index (Phi) is 3.33. The van der Waals surface area contributed by atoms with Crippen molar-refractivity contribution in [2.75, 3.05) is 5.73 Å². The van der Waals surface area contributed by atoms with Crippen LogP contribution in [0.3, 0.4) is 0 Å². The standard InChI is InChI=1S/C11H19N3/c1-8(2)9(3)5-6-14-10(4)11(12)7-13-14/h7H,5-6,12H2,1-4H3. The number of hydrogen-bond donors (Lipinski definition) is 1. The molecule has 0 radical (unpaired) electrons. The fraction of sp³-hybridized carbons (Fsp3) is 0.545. The lowest BCUT2D eigenvalue weighted by Crippen LogP contribution is -2.03. The number of allylic oxidation sites excluding steroid dienone is 2. The summed E-state index contributed by atoms with van der Waals surface area (Å²) in [5.74, 6) is 0. The second-order valence-corrected chi connectivity index (χ2v) is 3.94. The first-order chi connectivity index (χ1) is 6.52. The molecule has 78 valence electrons. The van der Waals surface area contributed by atoms with E-state index in [2.05, 4.69) is 25.9 Å². The van der Waals surface area contributed by atoms with Gasteiger partial charge in [-0.05, 0) is 34.1 Å². The third-order valence-corrected chi connectivity index (χ3v) is 2.69. The van der Waals surface area contributed by atoms with Crippen LogP contribution < -0.4 is 5.73 Å². The van der Waals surface area contributed by atoms with Crippen molar-refractivity contribution >= 4 is 5.69 Å². The van der Waals surface area contributed by atoms with Crippen molar-refractivity contribution in [1.82, 2.24) is 9.78 Å². The van der Waals surface area contributed by atoms with Crippen LogP contribution in [0, 0.1) is 6.92 Å². The van der Waals surface area contributed by atoms with Crippen molar-refractivity contribution in [3.05, 3.63) is 23.0 Å². The Labute approximate surface area is 85.6 Å². The van der Waals surface area contributed by atoms with Crippen LogP contribution in [-0.4, -0.2) is 9.78 Å². The summed E-state index contributed by atoms with van der Waals surface area (Å²) in [7, 11) is 0. The normalized spacial score (nSPS) is 10.3. The number of anilines is 1. The van der Waals surface area contributed by atoms with E-state index in [-0.39, 0.29) is 0 Å². The summed E-state index contributed by atoms with van der Waals surface area (Å²) in [5.41, 5.74) is 10.4. The van der Waals surface area contributed by atoms with E-state index in [1.165, 1.54) is 11.1 Å². The zero-order valence-electron chi connectivity index (χ0n) is 9.46. The van der Waals surface area contributed by atoms with Gasteiger partial charge in [-0.15, -0.1) is 0 Å². The van der Waals surface area contributed by atoms with E-state index >= 15 is 0 Å². The van der Waals surface area contributed by atoms with Crippen LogP contribution in [0.1, 0.15) is 32.9 Å². The summed E-state index contributed by atoms with van der Waals surface area (Å²) in [6.45, 7) is 9.36. The molecule has 0 aromatic carbocycles. The summed E-state index contributed by atoms with van der Waals surface area (Å²) in [4.78, 5) is 0. The molecule has 0 aliphatic carbocycles. The molecule has 0 fully saturated rings. The molecule has 0 aliphatic heterocycles. The molecule has 14 heavy (non-hydrogen) atoms. The number of aromatic nitrogens is 2. The first kappa shape index (κ1) is 10.8. The average molecular weight is 193 g/mol. The van der Waals surface area contributed by atoms with Crippen molar-refractivity contribution in [1.29, 1.82) is 0 Å². The minimum Gasteiger partial charge on any atom is -0.396 e. The Morgan fingerprint density at radius 1 is 1.43 bits per heavy atom. The highest BCUT2D eigenvalue weighted by atomic mass is 15.3. The van der Waals surface area contributed by atoms with Gasteiger partial charge in [-0.2, -0.15) is 5.10 Å². The average Bonchev–Trinajstić information content (AvgIpc) is 2.44. The number of nitrogen functional groups attached to an aromatic ring is 1. The van der Waals surface area contributed by atoms with Crippen LogP contribution >= 0.6 is 0 Å². The maximum Gasteiger partial charge on any atom is 0.0730 e. The summed E-state index contributed by atoms with van der Waals surface area (Å²) in [6, 6.07) is 0. The Morgan fingerprint density at radius 3 is 2.50 bits per heavy atom. The van der Waals surface area contributed by atoms with Crippen LogP contribution in [0.4, 0.5) is 5.69 Å². The molecule has 1 heterocycles. The van der Waals surface area contributed by atoms with E-state index in [1.807, 2.05) is 11.6 Å². The first-order valence-corrected chi connectivity index (χ1v) is 4.93. The second-order valence-electron chi connectivity index (χ2n) is 3.94. The van der Waals surface area contributed by atoms with Gasteiger partial charge in [0.15, 0.2) is 0 Å². The molecule has 0 unspecified atom stereocenters. The number of rotatable bonds is 3. The Hall–Kier alpha value is -1.25. The van der Waals surface area contributed by atoms with Gasteiger partial charge < -0.3 is 5.73 Å². The predicted molar refractivity (Wildman–Crippen MR) is 60.0 cm³/mol. The maximum absolute atomic E-state index is 5.71. The molecule has 0 aliphatic rings.